The van der Waals surface area contributed by atoms with Crippen LogP contribution >= 0.6 is 0 Å². The molecule has 0 bridgehead atoms. The number of hydrogen-bond donors (Lipinski definition) is 1. The van der Waals surface area contributed by atoms with Crippen molar-refractivity contribution in [1.29, 1.82) is 0 Å². The lowest BCUT2D eigenvalue weighted by Gasteiger charge is -2.36. The molecule has 2 aliphatic rings. The van der Waals surface area contributed by atoms with E-state index in [-0.39, 0.29) is 29.4 Å². The van der Waals surface area contributed by atoms with Crippen molar-refractivity contribution in [1.82, 2.24) is 14.8 Å². The molecule has 4 heterocycles. The third kappa shape index (κ3) is 3.42. The van der Waals surface area contributed by atoms with Gasteiger partial charge in [0.2, 0.25) is 0 Å². The van der Waals surface area contributed by atoms with Crippen LogP contribution in [-0.4, -0.2) is 45.9 Å². The molecule has 1 N–H and O–H groups in total. The maximum Gasteiger partial charge on any atom is 0.194 e. The van der Waals surface area contributed by atoms with Crippen LogP contribution < -0.4 is 10.2 Å². The first-order valence-electron chi connectivity index (χ1n) is 9.85. The van der Waals surface area contributed by atoms with Crippen LogP contribution in [0.5, 0.6) is 0 Å². The van der Waals surface area contributed by atoms with Crippen LogP contribution in [0.25, 0.3) is 5.69 Å². The number of ether oxygens (including phenoxy) is 1. The minimum absolute atomic E-state index is 0.0270. The Morgan fingerprint density at radius 2 is 1.74 bits per heavy atom. The maximum atomic E-state index is 14.5. The number of nitrogens with zero attached hydrogens (tertiary/aromatic N) is 5. The molecule has 31 heavy (non-hydrogen) atoms. The molecule has 160 valence electrons. The van der Waals surface area contributed by atoms with Gasteiger partial charge in [0.15, 0.2) is 11.6 Å². The number of benzene rings is 1. The van der Waals surface area contributed by atoms with E-state index in [0.29, 0.717) is 30.3 Å². The van der Waals surface area contributed by atoms with Crippen LogP contribution in [0.4, 0.5) is 30.5 Å². The first kappa shape index (κ1) is 19.6. The molecule has 1 aromatic carbocycles. The number of amidine groups is 1. The van der Waals surface area contributed by atoms with Gasteiger partial charge >= 0.3 is 0 Å². The summed E-state index contributed by atoms with van der Waals surface area (Å²) in [7, 11) is 0. The highest BCUT2D eigenvalue weighted by Crippen LogP contribution is 2.34. The minimum Gasteiger partial charge on any atom is -0.372 e. The fraction of sp³-hybridized carbons (Fsp3) is 0.286. The van der Waals surface area contributed by atoms with Crippen molar-refractivity contribution in [2.45, 2.75) is 26.1 Å². The number of rotatable bonds is 2. The Balaban J connectivity index is 1.63. The topological polar surface area (TPSA) is 67.6 Å². The van der Waals surface area contributed by atoms with Crippen molar-refractivity contribution in [3.63, 3.8) is 0 Å². The fourth-order valence-electron chi connectivity index (χ4n) is 3.95. The van der Waals surface area contributed by atoms with E-state index in [2.05, 4.69) is 25.3 Å². The molecule has 0 amide bonds. The van der Waals surface area contributed by atoms with Crippen molar-refractivity contribution in [2.24, 2.45) is 4.99 Å². The third-order valence-electron chi connectivity index (χ3n) is 5.21. The quantitative estimate of drug-likeness (QED) is 0.673. The monoisotopic (exact) mass is 428 g/mol. The van der Waals surface area contributed by atoms with Crippen LogP contribution in [0, 0.1) is 17.5 Å². The van der Waals surface area contributed by atoms with Gasteiger partial charge in [0.25, 0.3) is 0 Å². The van der Waals surface area contributed by atoms with E-state index in [1.54, 1.807) is 6.07 Å². The van der Waals surface area contributed by atoms with Crippen LogP contribution in [-0.2, 0) is 4.74 Å². The van der Waals surface area contributed by atoms with E-state index in [1.807, 2.05) is 13.8 Å². The van der Waals surface area contributed by atoms with E-state index in [4.69, 9.17) is 4.74 Å². The summed E-state index contributed by atoms with van der Waals surface area (Å²) < 4.78 is 50.4. The maximum absolute atomic E-state index is 14.5. The second kappa shape index (κ2) is 7.38. The number of halogens is 3. The molecule has 0 saturated carbocycles. The lowest BCUT2D eigenvalue weighted by Crippen LogP contribution is -2.45. The molecule has 10 heteroatoms. The Kier molecular flexibility index (Phi) is 4.66. The second-order valence-corrected chi connectivity index (χ2v) is 7.63. The van der Waals surface area contributed by atoms with Gasteiger partial charge in [-0.05, 0) is 26.0 Å². The lowest BCUT2D eigenvalue weighted by molar-refractivity contribution is -0.00545. The van der Waals surface area contributed by atoms with Gasteiger partial charge in [0, 0.05) is 19.2 Å². The Bertz CT molecular complexity index is 1160. The van der Waals surface area contributed by atoms with Gasteiger partial charge in [-0.25, -0.2) is 27.8 Å². The Morgan fingerprint density at radius 3 is 2.45 bits per heavy atom. The first-order valence-corrected chi connectivity index (χ1v) is 9.85. The molecular weight excluding hydrogens is 409 g/mol. The molecule has 2 atom stereocenters. The summed E-state index contributed by atoms with van der Waals surface area (Å²) >= 11 is 0. The van der Waals surface area contributed by atoms with Crippen LogP contribution in [0.15, 0.2) is 41.7 Å². The Morgan fingerprint density at radius 1 is 1.03 bits per heavy atom. The van der Waals surface area contributed by atoms with Gasteiger partial charge < -0.3 is 15.0 Å². The van der Waals surface area contributed by atoms with Crippen molar-refractivity contribution in [3.05, 3.63) is 59.7 Å². The molecule has 3 aromatic rings. The van der Waals surface area contributed by atoms with Crippen molar-refractivity contribution in [3.8, 4) is 5.69 Å². The molecule has 0 unspecified atom stereocenters. The lowest BCUT2D eigenvalue weighted by atomic mass is 10.1. The van der Waals surface area contributed by atoms with Gasteiger partial charge in [-0.1, -0.05) is 6.07 Å². The molecule has 2 aromatic heterocycles. The molecule has 1 saturated heterocycles. The number of morpholine rings is 1. The van der Waals surface area contributed by atoms with Gasteiger partial charge in [-0.2, -0.15) is 5.10 Å². The second-order valence-electron chi connectivity index (χ2n) is 7.63. The summed E-state index contributed by atoms with van der Waals surface area (Å²) in [6, 6.07) is 5.23. The molecule has 1 fully saturated rings. The van der Waals surface area contributed by atoms with Gasteiger partial charge in [-0.3, -0.25) is 0 Å². The van der Waals surface area contributed by atoms with E-state index < -0.39 is 17.5 Å². The zero-order chi connectivity index (χ0) is 21.7. The highest BCUT2D eigenvalue weighted by Gasteiger charge is 2.27. The summed E-state index contributed by atoms with van der Waals surface area (Å²) in [5.41, 5.74) is 0.468. The first-order chi connectivity index (χ1) is 14.9. The van der Waals surface area contributed by atoms with E-state index in [0.717, 1.165) is 18.3 Å². The summed E-state index contributed by atoms with van der Waals surface area (Å²) in [6.45, 7) is 5.26. The molecule has 0 radical (unpaired) electrons. The van der Waals surface area contributed by atoms with Gasteiger partial charge in [-0.15, -0.1) is 0 Å². The van der Waals surface area contributed by atoms with Gasteiger partial charge in [0.1, 0.15) is 23.3 Å². The predicted molar refractivity (Wildman–Crippen MR) is 110 cm³/mol. The zero-order valence-electron chi connectivity index (χ0n) is 16.8. The smallest absolute Gasteiger partial charge is 0.194 e. The number of pyridine rings is 1. The number of aromatic nitrogens is 3. The van der Waals surface area contributed by atoms with Crippen LogP contribution in [0.2, 0.25) is 0 Å². The molecule has 0 aliphatic carbocycles. The summed E-state index contributed by atoms with van der Waals surface area (Å²) in [5, 5.41) is 6.99. The Hall–Kier alpha value is -3.40. The number of hydrogen-bond acceptors (Lipinski definition) is 6. The number of fused-ring (bicyclic) bond motifs is 3. The average molecular weight is 428 g/mol. The Labute approximate surface area is 176 Å². The highest BCUT2D eigenvalue weighted by molar-refractivity contribution is 6.11. The van der Waals surface area contributed by atoms with Crippen molar-refractivity contribution >= 4 is 23.2 Å². The van der Waals surface area contributed by atoms with Gasteiger partial charge in [0.05, 0.1) is 41.5 Å². The number of anilines is 2. The fourth-order valence-corrected chi connectivity index (χ4v) is 3.95. The molecule has 0 spiro atoms. The van der Waals surface area contributed by atoms with E-state index in [1.165, 1.54) is 16.9 Å². The minimum atomic E-state index is -0.818. The summed E-state index contributed by atoms with van der Waals surface area (Å²) in [4.78, 5) is 10.7. The largest absolute Gasteiger partial charge is 0.372 e. The standard InChI is InChI=1S/C21H19F3N6O/c1-11-9-29(10-12(2)31-11)18-6-17-16(8-25-18)27-20(19-13(22)4-3-5-14(19)23)28-21-15(24)7-26-30(17)21/h3-8,11-12H,9-10H2,1-2H3,(H,27,28)/t11-,12-/m0/s1. The molecular formula is C21H19F3N6O. The number of nitrogens with one attached hydrogen (secondary N) is 1. The normalized spacial score (nSPS) is 20.4. The van der Waals surface area contributed by atoms with E-state index >= 15 is 0 Å². The molecule has 5 rings (SSSR count). The third-order valence-corrected chi connectivity index (χ3v) is 5.21. The van der Waals surface area contributed by atoms with E-state index in [9.17, 15) is 13.2 Å². The van der Waals surface area contributed by atoms with Crippen molar-refractivity contribution < 1.29 is 17.9 Å². The van der Waals surface area contributed by atoms with Crippen LogP contribution in [0.3, 0.4) is 0 Å². The van der Waals surface area contributed by atoms with Crippen molar-refractivity contribution in [2.75, 3.05) is 23.3 Å². The SMILES string of the molecule is C[C@H]1CN(c2cc3c(cn2)NC(c2c(F)cccc2F)=Nc2c(F)cnn2-3)C[C@H](C)O1. The molecule has 2 aliphatic heterocycles. The summed E-state index contributed by atoms with van der Waals surface area (Å²) in [6.07, 6.45) is 2.60. The average Bonchev–Trinajstić information content (AvgIpc) is 2.99. The number of aliphatic imine (C=N–C) groups is 1. The zero-order valence-corrected chi connectivity index (χ0v) is 16.8. The summed E-state index contributed by atoms with van der Waals surface area (Å²) in [5.74, 6) is -2.02. The highest BCUT2D eigenvalue weighted by atomic mass is 19.1. The predicted octanol–water partition coefficient (Wildman–Crippen LogP) is 3.80. The van der Waals surface area contributed by atoms with Crippen LogP contribution in [0.1, 0.15) is 19.4 Å². The molecule has 7 nitrogen and oxygen atoms in total.